The summed E-state index contributed by atoms with van der Waals surface area (Å²) in [5.41, 5.74) is 0.309. The van der Waals surface area contributed by atoms with Crippen LogP contribution in [0.4, 0.5) is 11.4 Å². The van der Waals surface area contributed by atoms with E-state index in [1.54, 1.807) is 30.3 Å². The molecule has 8 heteroatoms. The first-order valence-electron chi connectivity index (χ1n) is 7.11. The van der Waals surface area contributed by atoms with Crippen molar-refractivity contribution in [3.8, 4) is 17.2 Å². The van der Waals surface area contributed by atoms with Gasteiger partial charge in [0.05, 0.1) is 30.1 Å². The number of alkyl halides is 1. The number of ether oxygens (including phenoxy) is 2. The number of hydrogen-bond acceptors (Lipinski definition) is 6. The fourth-order valence-electron chi connectivity index (χ4n) is 1.97. The SMILES string of the molecule is COc1ccccc1Oc1cc(NCC(O)CCl)cc([N+](=O)[O-])c1. The Morgan fingerprint density at radius 2 is 2.00 bits per heavy atom. The largest absolute Gasteiger partial charge is 0.493 e. The number of hydrogen-bond donors (Lipinski definition) is 2. The van der Waals surface area contributed by atoms with Crippen LogP contribution in [0.5, 0.6) is 17.2 Å². The molecule has 0 amide bonds. The number of benzene rings is 2. The van der Waals surface area contributed by atoms with Crippen LogP contribution >= 0.6 is 11.6 Å². The van der Waals surface area contributed by atoms with Gasteiger partial charge in [-0.1, -0.05) is 12.1 Å². The highest BCUT2D eigenvalue weighted by Crippen LogP contribution is 2.34. The topological polar surface area (TPSA) is 93.9 Å². The van der Waals surface area contributed by atoms with E-state index in [1.807, 2.05) is 0 Å². The molecule has 1 unspecified atom stereocenters. The highest BCUT2D eigenvalue weighted by Gasteiger charge is 2.13. The number of nitro groups is 1. The summed E-state index contributed by atoms with van der Waals surface area (Å²) in [4.78, 5) is 10.6. The van der Waals surface area contributed by atoms with Gasteiger partial charge < -0.3 is 19.9 Å². The molecule has 2 rings (SSSR count). The van der Waals surface area contributed by atoms with Crippen LogP contribution in [0.1, 0.15) is 0 Å². The number of aliphatic hydroxyl groups excluding tert-OH is 1. The van der Waals surface area contributed by atoms with Gasteiger partial charge in [-0.3, -0.25) is 10.1 Å². The second-order valence-corrected chi connectivity index (χ2v) is 5.22. The first-order chi connectivity index (χ1) is 11.5. The molecule has 0 heterocycles. The lowest BCUT2D eigenvalue weighted by atomic mass is 10.2. The Labute approximate surface area is 143 Å². The number of methoxy groups -OCH3 is 1. The fraction of sp³-hybridized carbons (Fsp3) is 0.250. The number of anilines is 1. The van der Waals surface area contributed by atoms with Gasteiger partial charge in [0.2, 0.25) is 0 Å². The zero-order valence-electron chi connectivity index (χ0n) is 12.9. The van der Waals surface area contributed by atoms with Crippen LogP contribution in [0.15, 0.2) is 42.5 Å². The van der Waals surface area contributed by atoms with Crippen LogP contribution in [0.3, 0.4) is 0 Å². The van der Waals surface area contributed by atoms with Crippen molar-refractivity contribution < 1.29 is 19.5 Å². The standard InChI is InChI=1S/C16H17ClN2O5/c1-23-15-4-2-3-5-16(15)24-14-7-11(18-10-13(20)9-17)6-12(8-14)19(21)22/h2-8,13,18,20H,9-10H2,1H3. The van der Waals surface area contributed by atoms with Crippen LogP contribution in [0, 0.1) is 10.1 Å². The molecule has 0 spiro atoms. The number of para-hydroxylation sites is 2. The molecule has 0 aliphatic rings. The van der Waals surface area contributed by atoms with E-state index >= 15 is 0 Å². The van der Waals surface area contributed by atoms with Crippen molar-refractivity contribution in [3.63, 3.8) is 0 Å². The lowest BCUT2D eigenvalue weighted by Crippen LogP contribution is -2.20. The minimum Gasteiger partial charge on any atom is -0.493 e. The van der Waals surface area contributed by atoms with Gasteiger partial charge in [0.1, 0.15) is 5.75 Å². The number of nitrogens with zero attached hydrogens (tertiary/aromatic N) is 1. The van der Waals surface area contributed by atoms with Crippen LogP contribution in [0.25, 0.3) is 0 Å². The van der Waals surface area contributed by atoms with Crippen molar-refractivity contribution in [2.75, 3.05) is 24.9 Å². The molecule has 0 saturated carbocycles. The summed E-state index contributed by atoms with van der Waals surface area (Å²) < 4.78 is 10.9. The predicted molar refractivity (Wildman–Crippen MR) is 91.4 cm³/mol. The number of nitrogens with one attached hydrogen (secondary N) is 1. The third-order valence-corrected chi connectivity index (χ3v) is 3.48. The smallest absolute Gasteiger partial charge is 0.275 e. The Morgan fingerprint density at radius 1 is 1.29 bits per heavy atom. The molecule has 0 aliphatic carbocycles. The first kappa shape index (κ1) is 17.8. The summed E-state index contributed by atoms with van der Waals surface area (Å²) in [6.45, 7) is 0.165. The van der Waals surface area contributed by atoms with E-state index in [9.17, 15) is 15.2 Å². The molecule has 128 valence electrons. The molecular formula is C16H17ClN2O5. The van der Waals surface area contributed by atoms with Crippen molar-refractivity contribution in [3.05, 3.63) is 52.6 Å². The van der Waals surface area contributed by atoms with E-state index in [0.717, 1.165) is 0 Å². The summed E-state index contributed by atoms with van der Waals surface area (Å²) in [6, 6.07) is 11.3. The normalized spacial score (nSPS) is 11.6. The monoisotopic (exact) mass is 352 g/mol. The Hall–Kier alpha value is -2.51. The lowest BCUT2D eigenvalue weighted by Gasteiger charge is -2.13. The Bertz CT molecular complexity index is 711. The first-order valence-corrected chi connectivity index (χ1v) is 7.65. The molecule has 2 N–H and O–H groups in total. The van der Waals surface area contributed by atoms with Crippen molar-refractivity contribution >= 4 is 23.0 Å². The van der Waals surface area contributed by atoms with Gasteiger partial charge in [0.15, 0.2) is 11.5 Å². The molecular weight excluding hydrogens is 336 g/mol. The molecule has 1 atom stereocenters. The van der Waals surface area contributed by atoms with Crippen LogP contribution in [-0.4, -0.2) is 35.7 Å². The van der Waals surface area contributed by atoms with Gasteiger partial charge in [0.25, 0.3) is 5.69 Å². The van der Waals surface area contributed by atoms with Crippen molar-refractivity contribution in [2.24, 2.45) is 0 Å². The Morgan fingerprint density at radius 3 is 2.62 bits per heavy atom. The molecule has 0 saturated heterocycles. The lowest BCUT2D eigenvalue weighted by molar-refractivity contribution is -0.384. The van der Waals surface area contributed by atoms with E-state index < -0.39 is 11.0 Å². The number of rotatable bonds is 8. The van der Waals surface area contributed by atoms with E-state index in [0.29, 0.717) is 17.2 Å². The van der Waals surface area contributed by atoms with Gasteiger partial charge in [-0.2, -0.15) is 0 Å². The van der Waals surface area contributed by atoms with Crippen molar-refractivity contribution in [1.82, 2.24) is 0 Å². The highest BCUT2D eigenvalue weighted by atomic mass is 35.5. The maximum absolute atomic E-state index is 11.1. The third-order valence-electron chi connectivity index (χ3n) is 3.12. The summed E-state index contributed by atoms with van der Waals surface area (Å²) in [7, 11) is 1.51. The minimum atomic E-state index is -0.760. The molecule has 2 aromatic rings. The minimum absolute atomic E-state index is 0.0620. The summed E-state index contributed by atoms with van der Waals surface area (Å²) in [5, 5.41) is 23.5. The van der Waals surface area contributed by atoms with Gasteiger partial charge in [-0.05, 0) is 12.1 Å². The average Bonchev–Trinajstić information content (AvgIpc) is 2.59. The fourth-order valence-corrected chi connectivity index (χ4v) is 2.08. The Balaban J connectivity index is 2.28. The maximum atomic E-state index is 11.1. The summed E-state index contributed by atoms with van der Waals surface area (Å²) >= 11 is 5.54. The Kier molecular flexibility index (Phi) is 6.22. The van der Waals surface area contributed by atoms with Gasteiger partial charge in [-0.25, -0.2) is 0 Å². The second kappa shape index (κ2) is 8.37. The van der Waals surface area contributed by atoms with E-state index in [1.165, 1.54) is 19.2 Å². The van der Waals surface area contributed by atoms with Gasteiger partial charge >= 0.3 is 0 Å². The molecule has 0 radical (unpaired) electrons. The molecule has 7 nitrogen and oxygen atoms in total. The van der Waals surface area contributed by atoms with E-state index in [-0.39, 0.29) is 23.9 Å². The van der Waals surface area contributed by atoms with E-state index in [4.69, 9.17) is 21.1 Å². The van der Waals surface area contributed by atoms with Gasteiger partial charge in [-0.15, -0.1) is 11.6 Å². The summed E-state index contributed by atoms with van der Waals surface area (Å²) in [5.74, 6) is 1.28. The summed E-state index contributed by atoms with van der Waals surface area (Å²) in [6.07, 6.45) is -0.760. The number of nitro benzene ring substituents is 1. The van der Waals surface area contributed by atoms with Gasteiger partial charge in [0, 0.05) is 24.4 Å². The molecule has 2 aromatic carbocycles. The zero-order valence-corrected chi connectivity index (χ0v) is 13.7. The highest BCUT2D eigenvalue weighted by molar-refractivity contribution is 6.18. The molecule has 0 aromatic heterocycles. The van der Waals surface area contributed by atoms with Crippen LogP contribution in [0.2, 0.25) is 0 Å². The molecule has 0 bridgehead atoms. The second-order valence-electron chi connectivity index (χ2n) is 4.91. The van der Waals surface area contributed by atoms with Crippen LogP contribution < -0.4 is 14.8 Å². The molecule has 0 fully saturated rings. The third kappa shape index (κ3) is 4.74. The molecule has 0 aliphatic heterocycles. The maximum Gasteiger partial charge on any atom is 0.275 e. The van der Waals surface area contributed by atoms with Crippen molar-refractivity contribution in [2.45, 2.75) is 6.10 Å². The average molecular weight is 353 g/mol. The number of aliphatic hydroxyl groups is 1. The van der Waals surface area contributed by atoms with Crippen molar-refractivity contribution in [1.29, 1.82) is 0 Å². The predicted octanol–water partition coefficient (Wildman–Crippen LogP) is 3.41. The van der Waals surface area contributed by atoms with E-state index in [2.05, 4.69) is 5.32 Å². The quantitative estimate of drug-likeness (QED) is 0.429. The zero-order chi connectivity index (χ0) is 17.5. The number of halogens is 1. The number of non-ortho nitro benzene ring substituents is 1. The molecule has 24 heavy (non-hydrogen) atoms. The van der Waals surface area contributed by atoms with Crippen LogP contribution in [-0.2, 0) is 0 Å².